The second kappa shape index (κ2) is 6.64. The number of rotatable bonds is 2. The first-order chi connectivity index (χ1) is 11.1. The smallest absolute Gasteiger partial charge is 0.254 e. The van der Waals surface area contributed by atoms with E-state index < -0.39 is 12.1 Å². The number of carbonyl (C=O) groups excluding carboxylic acids is 2. The van der Waals surface area contributed by atoms with Crippen molar-refractivity contribution in [2.24, 2.45) is 0 Å². The third-order valence-corrected chi connectivity index (χ3v) is 4.26. The fraction of sp³-hybridized carbons (Fsp3) is 0.500. The summed E-state index contributed by atoms with van der Waals surface area (Å²) in [6, 6.07) is 5.24. The molecule has 0 radical (unpaired) electrons. The van der Waals surface area contributed by atoms with Gasteiger partial charge in [0.15, 0.2) is 6.10 Å². The molecular weight excluding hydrogens is 303 g/mol. The summed E-state index contributed by atoms with van der Waals surface area (Å²) < 4.78 is 24.0. The number of nitrogens with zero attached hydrogens (tertiary/aromatic N) is 2. The molecule has 2 aliphatic heterocycles. The second-order valence-electron chi connectivity index (χ2n) is 5.67. The molecule has 0 aromatic heterocycles. The highest BCUT2D eigenvalue weighted by atomic mass is 19.1. The first kappa shape index (κ1) is 15.9. The van der Waals surface area contributed by atoms with Gasteiger partial charge in [0.25, 0.3) is 5.91 Å². The Morgan fingerprint density at radius 1 is 1.22 bits per heavy atom. The van der Waals surface area contributed by atoms with Gasteiger partial charge in [-0.2, -0.15) is 0 Å². The largest absolute Gasteiger partial charge is 0.378 e. The summed E-state index contributed by atoms with van der Waals surface area (Å²) >= 11 is 0. The average Bonchev–Trinajstić information content (AvgIpc) is 2.58. The van der Waals surface area contributed by atoms with Gasteiger partial charge in [0.1, 0.15) is 12.4 Å². The first-order valence-electron chi connectivity index (χ1n) is 7.57. The Labute approximate surface area is 133 Å². The second-order valence-corrected chi connectivity index (χ2v) is 5.67. The summed E-state index contributed by atoms with van der Waals surface area (Å²) in [4.78, 5) is 27.9. The van der Waals surface area contributed by atoms with E-state index >= 15 is 0 Å². The van der Waals surface area contributed by atoms with Gasteiger partial charge in [-0.05, 0) is 17.7 Å². The summed E-state index contributed by atoms with van der Waals surface area (Å²) in [6.07, 6.45) is -0.790. The van der Waals surface area contributed by atoms with E-state index in [0.29, 0.717) is 31.9 Å². The number of ether oxygens (including phenoxy) is 2. The molecule has 1 aromatic carbocycles. The number of likely N-dealkylation sites (N-methyl/N-ethyl adjacent to an activating group) is 1. The fourth-order valence-corrected chi connectivity index (χ4v) is 2.94. The molecule has 2 aliphatic rings. The van der Waals surface area contributed by atoms with Crippen LogP contribution in [0.25, 0.3) is 0 Å². The van der Waals surface area contributed by atoms with Crippen LogP contribution in [-0.2, 0) is 19.1 Å². The van der Waals surface area contributed by atoms with Crippen molar-refractivity contribution < 1.29 is 23.5 Å². The van der Waals surface area contributed by atoms with Crippen LogP contribution in [0.15, 0.2) is 24.3 Å². The van der Waals surface area contributed by atoms with E-state index in [9.17, 15) is 14.0 Å². The van der Waals surface area contributed by atoms with Crippen molar-refractivity contribution >= 4 is 11.8 Å². The van der Waals surface area contributed by atoms with Gasteiger partial charge in [-0.25, -0.2) is 4.39 Å². The molecule has 2 atom stereocenters. The van der Waals surface area contributed by atoms with Crippen molar-refractivity contribution in [3.05, 3.63) is 35.6 Å². The number of morpholine rings is 2. The van der Waals surface area contributed by atoms with Crippen LogP contribution in [0.2, 0.25) is 0 Å². The van der Waals surface area contributed by atoms with Gasteiger partial charge in [0, 0.05) is 20.1 Å². The summed E-state index contributed by atoms with van der Waals surface area (Å²) in [5.74, 6) is -0.733. The lowest BCUT2D eigenvalue weighted by molar-refractivity contribution is -0.169. The molecule has 0 saturated carbocycles. The molecule has 2 heterocycles. The van der Waals surface area contributed by atoms with Crippen molar-refractivity contribution in [2.75, 3.05) is 40.0 Å². The first-order valence-corrected chi connectivity index (χ1v) is 7.57. The molecule has 0 aliphatic carbocycles. The lowest BCUT2D eigenvalue weighted by Gasteiger charge is -2.40. The normalized spacial score (nSPS) is 25.6. The Morgan fingerprint density at radius 3 is 2.52 bits per heavy atom. The minimum absolute atomic E-state index is 0.130. The molecule has 6 nitrogen and oxygen atoms in total. The SMILES string of the molecule is CN1C(=O)CO[C@@H](C(=O)N2CCOCC2)[C@H]1c1ccc(F)cc1. The molecule has 1 aromatic rings. The lowest BCUT2D eigenvalue weighted by atomic mass is 9.97. The Bertz CT molecular complexity index is 586. The monoisotopic (exact) mass is 322 g/mol. The summed E-state index contributed by atoms with van der Waals surface area (Å²) in [7, 11) is 1.64. The van der Waals surface area contributed by atoms with Crippen molar-refractivity contribution in [1.82, 2.24) is 9.80 Å². The van der Waals surface area contributed by atoms with Crippen molar-refractivity contribution in [1.29, 1.82) is 0 Å². The van der Waals surface area contributed by atoms with Crippen LogP contribution in [0.4, 0.5) is 4.39 Å². The van der Waals surface area contributed by atoms with Gasteiger partial charge >= 0.3 is 0 Å². The molecule has 23 heavy (non-hydrogen) atoms. The van der Waals surface area contributed by atoms with Gasteiger partial charge in [-0.15, -0.1) is 0 Å². The predicted molar refractivity (Wildman–Crippen MR) is 79.1 cm³/mol. The summed E-state index contributed by atoms with van der Waals surface area (Å²) in [5.41, 5.74) is 0.675. The molecule has 7 heteroatoms. The zero-order valence-electron chi connectivity index (χ0n) is 12.9. The van der Waals surface area contributed by atoms with E-state index in [1.54, 1.807) is 24.1 Å². The Morgan fingerprint density at radius 2 is 1.87 bits per heavy atom. The van der Waals surface area contributed by atoms with Crippen LogP contribution in [0.1, 0.15) is 11.6 Å². The molecule has 124 valence electrons. The standard InChI is InChI=1S/C16H19FN2O4/c1-18-13(20)10-23-15(16(21)19-6-8-22-9-7-19)14(18)11-2-4-12(17)5-3-11/h2-5,14-15H,6-10H2,1H3/t14-,15-/m1/s1. The highest BCUT2D eigenvalue weighted by Crippen LogP contribution is 2.30. The maximum Gasteiger partial charge on any atom is 0.254 e. The number of benzene rings is 1. The van der Waals surface area contributed by atoms with Gasteiger partial charge < -0.3 is 19.3 Å². The highest BCUT2D eigenvalue weighted by Gasteiger charge is 2.42. The topological polar surface area (TPSA) is 59.1 Å². The molecule has 0 spiro atoms. The molecule has 0 N–H and O–H groups in total. The molecule has 2 amide bonds. The zero-order chi connectivity index (χ0) is 16.4. The molecule has 2 saturated heterocycles. The van der Waals surface area contributed by atoms with E-state index in [2.05, 4.69) is 0 Å². The van der Waals surface area contributed by atoms with E-state index in [4.69, 9.17) is 9.47 Å². The Balaban J connectivity index is 1.87. The number of hydrogen-bond acceptors (Lipinski definition) is 4. The van der Waals surface area contributed by atoms with Crippen LogP contribution >= 0.6 is 0 Å². The van der Waals surface area contributed by atoms with Crippen LogP contribution in [0, 0.1) is 5.82 Å². The molecule has 3 rings (SSSR count). The maximum atomic E-state index is 13.2. The van der Waals surface area contributed by atoms with E-state index in [0.717, 1.165) is 0 Å². The van der Waals surface area contributed by atoms with Crippen LogP contribution < -0.4 is 0 Å². The molecule has 2 fully saturated rings. The molecule has 0 unspecified atom stereocenters. The Hall–Kier alpha value is -1.99. The van der Waals surface area contributed by atoms with Gasteiger partial charge in [-0.3, -0.25) is 9.59 Å². The number of amides is 2. The summed E-state index contributed by atoms with van der Waals surface area (Å²) in [6.45, 7) is 1.87. The fourth-order valence-electron chi connectivity index (χ4n) is 2.94. The highest BCUT2D eigenvalue weighted by molar-refractivity contribution is 5.86. The molecule has 0 bridgehead atoms. The minimum atomic E-state index is -0.790. The van der Waals surface area contributed by atoms with Crippen LogP contribution in [-0.4, -0.2) is 67.7 Å². The van der Waals surface area contributed by atoms with Crippen molar-refractivity contribution in [2.45, 2.75) is 12.1 Å². The van der Waals surface area contributed by atoms with Crippen molar-refractivity contribution in [3.8, 4) is 0 Å². The van der Waals surface area contributed by atoms with E-state index in [1.165, 1.54) is 17.0 Å². The van der Waals surface area contributed by atoms with Crippen LogP contribution in [0.5, 0.6) is 0 Å². The Kier molecular flexibility index (Phi) is 4.58. The minimum Gasteiger partial charge on any atom is -0.378 e. The van der Waals surface area contributed by atoms with E-state index in [1.807, 2.05) is 0 Å². The van der Waals surface area contributed by atoms with E-state index in [-0.39, 0.29) is 24.2 Å². The lowest BCUT2D eigenvalue weighted by Crippen LogP contribution is -2.55. The zero-order valence-corrected chi connectivity index (χ0v) is 12.9. The van der Waals surface area contributed by atoms with Gasteiger partial charge in [0.05, 0.1) is 19.3 Å². The quantitative estimate of drug-likeness (QED) is 0.799. The number of carbonyl (C=O) groups is 2. The summed E-state index contributed by atoms with van der Waals surface area (Å²) in [5, 5.41) is 0. The third kappa shape index (κ3) is 3.20. The van der Waals surface area contributed by atoms with Gasteiger partial charge in [-0.1, -0.05) is 12.1 Å². The third-order valence-electron chi connectivity index (χ3n) is 4.26. The number of hydrogen-bond donors (Lipinski definition) is 0. The average molecular weight is 322 g/mol. The number of halogens is 1. The molecular formula is C16H19FN2O4. The van der Waals surface area contributed by atoms with Crippen LogP contribution in [0.3, 0.4) is 0 Å². The predicted octanol–water partition coefficient (Wildman–Crippen LogP) is 0.583. The maximum absolute atomic E-state index is 13.2. The van der Waals surface area contributed by atoms with Gasteiger partial charge in [0.2, 0.25) is 5.91 Å². The van der Waals surface area contributed by atoms with Crippen molar-refractivity contribution in [3.63, 3.8) is 0 Å².